The van der Waals surface area contributed by atoms with E-state index in [2.05, 4.69) is 5.32 Å². The minimum atomic E-state index is -0.656. The molecule has 0 bridgehead atoms. The van der Waals surface area contributed by atoms with Crippen LogP contribution in [0, 0.1) is 5.82 Å². The van der Waals surface area contributed by atoms with Crippen molar-refractivity contribution in [2.24, 2.45) is 5.73 Å². The molecule has 2 rings (SSSR count). The molecule has 1 amide bonds. The zero-order valence-corrected chi connectivity index (χ0v) is 13.8. The van der Waals surface area contributed by atoms with E-state index < -0.39 is 11.0 Å². The number of ether oxygens (including phenoxy) is 1. The monoisotopic (exact) mass is 330 g/mol. The summed E-state index contributed by atoms with van der Waals surface area (Å²) in [7, 11) is 0. The van der Waals surface area contributed by atoms with Gasteiger partial charge in [-0.05, 0) is 44.4 Å². The first-order valence-corrected chi connectivity index (χ1v) is 7.24. The van der Waals surface area contributed by atoms with Crippen molar-refractivity contribution in [3.05, 3.63) is 35.6 Å². The van der Waals surface area contributed by atoms with E-state index in [0.717, 1.165) is 5.56 Å². The highest BCUT2D eigenvalue weighted by Gasteiger charge is 2.41. The highest BCUT2D eigenvalue weighted by Crippen LogP contribution is 2.35. The van der Waals surface area contributed by atoms with Crippen molar-refractivity contribution in [1.82, 2.24) is 5.32 Å². The predicted octanol–water partition coefficient (Wildman–Crippen LogP) is 2.15. The Balaban J connectivity index is 0.00000242. The molecule has 1 aromatic rings. The number of carbonyl (C=O) groups is 1. The molecule has 22 heavy (non-hydrogen) atoms. The molecule has 1 saturated heterocycles. The SMILES string of the molecule is CC(C)(N)CNC(=O)C1(c2ccc(F)cc2)CCOCC1.Cl. The van der Waals surface area contributed by atoms with Crippen molar-refractivity contribution in [1.29, 1.82) is 0 Å². The van der Waals surface area contributed by atoms with Crippen LogP contribution in [-0.4, -0.2) is 31.2 Å². The fraction of sp³-hybridized carbons (Fsp3) is 0.562. The maximum Gasteiger partial charge on any atom is 0.230 e. The van der Waals surface area contributed by atoms with E-state index in [1.54, 1.807) is 12.1 Å². The summed E-state index contributed by atoms with van der Waals surface area (Å²) < 4.78 is 18.5. The molecule has 0 unspecified atom stereocenters. The van der Waals surface area contributed by atoms with Crippen LogP contribution in [-0.2, 0) is 14.9 Å². The second kappa shape index (κ2) is 7.40. The average Bonchev–Trinajstić information content (AvgIpc) is 2.45. The Kier molecular flexibility index (Phi) is 6.35. The van der Waals surface area contributed by atoms with Gasteiger partial charge in [0.1, 0.15) is 5.82 Å². The Labute approximate surface area is 137 Å². The normalized spacial score (nSPS) is 17.5. The van der Waals surface area contributed by atoms with E-state index >= 15 is 0 Å². The van der Waals surface area contributed by atoms with Crippen LogP contribution in [0.5, 0.6) is 0 Å². The van der Waals surface area contributed by atoms with Gasteiger partial charge in [0.05, 0.1) is 5.41 Å². The summed E-state index contributed by atoms with van der Waals surface area (Å²) in [6, 6.07) is 6.17. The number of carbonyl (C=O) groups excluding carboxylic acids is 1. The Hall–Kier alpha value is -1.17. The van der Waals surface area contributed by atoms with Gasteiger partial charge in [-0.25, -0.2) is 4.39 Å². The zero-order valence-electron chi connectivity index (χ0n) is 13.0. The van der Waals surface area contributed by atoms with Crippen molar-refractivity contribution in [2.45, 2.75) is 37.6 Å². The first-order chi connectivity index (χ1) is 9.83. The lowest BCUT2D eigenvalue weighted by molar-refractivity contribution is -0.130. The molecule has 0 atom stereocenters. The van der Waals surface area contributed by atoms with E-state index in [-0.39, 0.29) is 24.1 Å². The molecule has 4 nitrogen and oxygen atoms in total. The smallest absolute Gasteiger partial charge is 0.230 e. The third kappa shape index (κ3) is 4.41. The van der Waals surface area contributed by atoms with E-state index in [4.69, 9.17) is 10.5 Å². The molecule has 0 aromatic heterocycles. The Morgan fingerprint density at radius 3 is 2.36 bits per heavy atom. The highest BCUT2D eigenvalue weighted by molar-refractivity contribution is 5.88. The molecule has 1 aliphatic heterocycles. The van der Waals surface area contributed by atoms with Gasteiger partial charge in [0.2, 0.25) is 5.91 Å². The molecule has 0 aliphatic carbocycles. The zero-order chi connectivity index (χ0) is 15.5. The molecule has 1 aliphatic rings. The molecule has 0 radical (unpaired) electrons. The number of halogens is 2. The number of hydrogen-bond acceptors (Lipinski definition) is 3. The van der Waals surface area contributed by atoms with E-state index in [1.807, 2.05) is 13.8 Å². The number of benzene rings is 1. The van der Waals surface area contributed by atoms with Gasteiger partial charge in [0, 0.05) is 25.3 Å². The van der Waals surface area contributed by atoms with Crippen LogP contribution in [0.1, 0.15) is 32.3 Å². The summed E-state index contributed by atoms with van der Waals surface area (Å²) in [4.78, 5) is 12.7. The Morgan fingerprint density at radius 2 is 1.86 bits per heavy atom. The molecule has 3 N–H and O–H groups in total. The van der Waals surface area contributed by atoms with Gasteiger partial charge in [-0.2, -0.15) is 0 Å². The lowest BCUT2D eigenvalue weighted by atomic mass is 9.73. The minimum absolute atomic E-state index is 0. The van der Waals surface area contributed by atoms with Crippen LogP contribution in [0.25, 0.3) is 0 Å². The molecule has 1 heterocycles. The predicted molar refractivity (Wildman–Crippen MR) is 86.7 cm³/mol. The number of amides is 1. The van der Waals surface area contributed by atoms with Crippen molar-refractivity contribution in [3.63, 3.8) is 0 Å². The summed E-state index contributed by atoms with van der Waals surface area (Å²) in [5.41, 5.74) is 5.64. The van der Waals surface area contributed by atoms with Crippen LogP contribution >= 0.6 is 12.4 Å². The summed E-state index contributed by atoms with van der Waals surface area (Å²) in [5, 5.41) is 2.93. The number of nitrogens with two attached hydrogens (primary N) is 1. The lowest BCUT2D eigenvalue weighted by Gasteiger charge is -2.37. The maximum atomic E-state index is 13.1. The summed E-state index contributed by atoms with van der Waals surface area (Å²) in [6.45, 7) is 5.17. The van der Waals surface area contributed by atoms with Crippen LogP contribution < -0.4 is 11.1 Å². The van der Waals surface area contributed by atoms with Crippen molar-refractivity contribution < 1.29 is 13.9 Å². The molecular formula is C16H24ClFN2O2. The molecule has 124 valence electrons. The maximum absolute atomic E-state index is 13.1. The van der Waals surface area contributed by atoms with Gasteiger partial charge in [0.15, 0.2) is 0 Å². The fourth-order valence-corrected chi connectivity index (χ4v) is 2.61. The van der Waals surface area contributed by atoms with Gasteiger partial charge in [0.25, 0.3) is 0 Å². The lowest BCUT2D eigenvalue weighted by Crippen LogP contribution is -2.53. The van der Waals surface area contributed by atoms with Gasteiger partial charge >= 0.3 is 0 Å². The Morgan fingerprint density at radius 1 is 1.32 bits per heavy atom. The standard InChI is InChI=1S/C16H23FN2O2.ClH/c1-15(2,18)11-19-14(20)16(7-9-21-10-8-16)12-3-5-13(17)6-4-12;/h3-6H,7-11,18H2,1-2H3,(H,19,20);1H. The highest BCUT2D eigenvalue weighted by atomic mass is 35.5. The first kappa shape index (κ1) is 18.9. The number of rotatable bonds is 4. The fourth-order valence-electron chi connectivity index (χ4n) is 2.61. The summed E-state index contributed by atoms with van der Waals surface area (Å²) in [5.74, 6) is -0.361. The summed E-state index contributed by atoms with van der Waals surface area (Å²) in [6.07, 6.45) is 1.19. The number of hydrogen-bond donors (Lipinski definition) is 2. The quantitative estimate of drug-likeness (QED) is 0.889. The van der Waals surface area contributed by atoms with Gasteiger partial charge < -0.3 is 15.8 Å². The Bertz CT molecular complexity index is 494. The molecule has 0 spiro atoms. The van der Waals surface area contributed by atoms with E-state index in [1.165, 1.54) is 12.1 Å². The van der Waals surface area contributed by atoms with Gasteiger partial charge in [-0.3, -0.25) is 4.79 Å². The van der Waals surface area contributed by atoms with Crippen LogP contribution in [0.2, 0.25) is 0 Å². The van der Waals surface area contributed by atoms with Crippen molar-refractivity contribution in [3.8, 4) is 0 Å². The largest absolute Gasteiger partial charge is 0.381 e. The average molecular weight is 331 g/mol. The molecule has 1 aromatic carbocycles. The molecular weight excluding hydrogens is 307 g/mol. The van der Waals surface area contributed by atoms with Crippen LogP contribution in [0.3, 0.4) is 0 Å². The van der Waals surface area contributed by atoms with Crippen molar-refractivity contribution in [2.75, 3.05) is 19.8 Å². The second-order valence-electron chi connectivity index (χ2n) is 6.37. The van der Waals surface area contributed by atoms with E-state index in [9.17, 15) is 9.18 Å². The third-order valence-corrected chi connectivity index (χ3v) is 3.88. The third-order valence-electron chi connectivity index (χ3n) is 3.88. The van der Waals surface area contributed by atoms with Gasteiger partial charge in [-0.1, -0.05) is 12.1 Å². The van der Waals surface area contributed by atoms with Crippen LogP contribution in [0.15, 0.2) is 24.3 Å². The number of nitrogens with one attached hydrogen (secondary N) is 1. The minimum Gasteiger partial charge on any atom is -0.381 e. The second-order valence-corrected chi connectivity index (χ2v) is 6.37. The molecule has 6 heteroatoms. The molecule has 1 fully saturated rings. The summed E-state index contributed by atoms with van der Waals surface area (Å²) >= 11 is 0. The van der Waals surface area contributed by atoms with Gasteiger partial charge in [-0.15, -0.1) is 12.4 Å². The molecule has 0 saturated carbocycles. The van der Waals surface area contributed by atoms with Crippen LogP contribution in [0.4, 0.5) is 4.39 Å². The van der Waals surface area contributed by atoms with E-state index in [0.29, 0.717) is 32.6 Å². The van der Waals surface area contributed by atoms with Crippen molar-refractivity contribution >= 4 is 18.3 Å². The first-order valence-electron chi connectivity index (χ1n) is 7.24. The topological polar surface area (TPSA) is 64.3 Å².